The third-order valence-corrected chi connectivity index (χ3v) is 11.1. The molecule has 44 heavy (non-hydrogen) atoms. The van der Waals surface area contributed by atoms with Crippen molar-refractivity contribution in [2.75, 3.05) is 0 Å². The summed E-state index contributed by atoms with van der Waals surface area (Å²) in [5.41, 5.74) is 6.68. The minimum Gasteiger partial charge on any atom is -0.261 e. The lowest BCUT2D eigenvalue weighted by Crippen LogP contribution is -1.94. The Morgan fingerprint density at radius 1 is 0.409 bits per heavy atom. The fourth-order valence-corrected chi connectivity index (χ4v) is 8.81. The van der Waals surface area contributed by atoms with E-state index in [0.717, 1.165) is 16.8 Å². The zero-order chi connectivity index (χ0) is 29.0. The third-order valence-electron chi connectivity index (χ3n) is 8.44. The van der Waals surface area contributed by atoms with E-state index < -0.39 is 0 Å². The van der Waals surface area contributed by atoms with Gasteiger partial charge < -0.3 is 0 Å². The molecule has 0 saturated carbocycles. The molecule has 0 aliphatic carbocycles. The molecule has 4 heteroatoms. The zero-order valence-corrected chi connectivity index (χ0v) is 25.2. The molecular formula is C40H24N2S2. The summed E-state index contributed by atoms with van der Waals surface area (Å²) in [4.78, 5) is 14.3. The topological polar surface area (TPSA) is 25.8 Å². The molecule has 8 aromatic rings. The molecule has 0 bridgehead atoms. The van der Waals surface area contributed by atoms with Crippen LogP contribution >= 0.6 is 23.5 Å². The first-order valence-electron chi connectivity index (χ1n) is 14.6. The second kappa shape index (κ2) is 10.4. The molecule has 0 atom stereocenters. The van der Waals surface area contributed by atoms with E-state index in [-0.39, 0.29) is 0 Å². The zero-order valence-electron chi connectivity index (χ0n) is 23.6. The van der Waals surface area contributed by atoms with Gasteiger partial charge in [0.05, 0.1) is 11.9 Å². The maximum Gasteiger partial charge on any atom is 0.0885 e. The van der Waals surface area contributed by atoms with E-state index in [0.29, 0.717) is 0 Å². The fourth-order valence-electron chi connectivity index (χ4n) is 6.41. The summed E-state index contributed by atoms with van der Waals surface area (Å²) in [6.07, 6.45) is 5.35. The van der Waals surface area contributed by atoms with Gasteiger partial charge in [-0.25, -0.2) is 0 Å². The molecule has 0 amide bonds. The van der Waals surface area contributed by atoms with Gasteiger partial charge in [0.1, 0.15) is 0 Å². The first kappa shape index (κ1) is 25.6. The maximum atomic E-state index is 4.69. The average molecular weight is 597 g/mol. The summed E-state index contributed by atoms with van der Waals surface area (Å²) in [6.45, 7) is 0. The molecular weight excluding hydrogens is 573 g/mol. The molecule has 0 N–H and O–H groups in total. The van der Waals surface area contributed by atoms with Crippen molar-refractivity contribution in [1.29, 1.82) is 0 Å². The van der Waals surface area contributed by atoms with Gasteiger partial charge in [-0.15, -0.1) is 0 Å². The van der Waals surface area contributed by atoms with Crippen molar-refractivity contribution >= 4 is 55.8 Å². The second-order valence-electron chi connectivity index (χ2n) is 11.0. The smallest absolute Gasteiger partial charge is 0.0885 e. The molecule has 0 unspecified atom stereocenters. The number of rotatable bonds is 3. The number of aromatic nitrogens is 2. The number of benzene rings is 7. The number of nitrogens with zero attached hydrogens (tertiary/aromatic N) is 2. The number of hydrogen-bond donors (Lipinski definition) is 0. The number of hydrogen-bond acceptors (Lipinski definition) is 4. The van der Waals surface area contributed by atoms with Crippen molar-refractivity contribution in [2.24, 2.45) is 0 Å². The highest BCUT2D eigenvalue weighted by atomic mass is 32.2. The minimum atomic E-state index is 0.866. The van der Waals surface area contributed by atoms with E-state index in [1.165, 1.54) is 68.6 Å². The van der Waals surface area contributed by atoms with Crippen LogP contribution in [-0.2, 0) is 0 Å². The van der Waals surface area contributed by atoms with Crippen LogP contribution in [0.25, 0.3) is 65.8 Å². The Balaban J connectivity index is 1.27. The Labute approximate surface area is 263 Å². The van der Waals surface area contributed by atoms with Gasteiger partial charge in [0.2, 0.25) is 0 Å². The highest BCUT2D eigenvalue weighted by Crippen LogP contribution is 2.52. The van der Waals surface area contributed by atoms with Crippen LogP contribution in [0, 0.1) is 0 Å². The van der Waals surface area contributed by atoms with Gasteiger partial charge in [-0.2, -0.15) is 0 Å². The van der Waals surface area contributed by atoms with Gasteiger partial charge in [0.15, 0.2) is 0 Å². The van der Waals surface area contributed by atoms with Crippen LogP contribution in [0.1, 0.15) is 0 Å². The standard InChI is InChI=1S/C40H24N2S2/c1-2-10-32-30(8-1)31-9-3-4-11-33(31)35-23-25(16-17-34(32)35)26-20-27(22-28(21-26)36-24-41-18-19-42-36)29-12-7-15-39-40(29)44-38-14-6-5-13-37(38)43-39/h1-24H. The summed E-state index contributed by atoms with van der Waals surface area (Å²) in [5.74, 6) is 0. The first-order chi connectivity index (χ1) is 21.8. The highest BCUT2D eigenvalue weighted by Gasteiger charge is 2.21. The van der Waals surface area contributed by atoms with Crippen molar-refractivity contribution < 1.29 is 0 Å². The lowest BCUT2D eigenvalue weighted by molar-refractivity contribution is 1.16. The second-order valence-corrected chi connectivity index (χ2v) is 13.2. The summed E-state index contributed by atoms with van der Waals surface area (Å²) >= 11 is 3.72. The largest absolute Gasteiger partial charge is 0.261 e. The fraction of sp³-hybridized carbons (Fsp3) is 0. The summed E-state index contributed by atoms with van der Waals surface area (Å²) in [5, 5.41) is 7.68. The van der Waals surface area contributed by atoms with Crippen LogP contribution in [0.5, 0.6) is 0 Å². The normalized spacial score (nSPS) is 12.4. The van der Waals surface area contributed by atoms with Crippen LogP contribution in [0.4, 0.5) is 0 Å². The molecule has 2 heterocycles. The predicted molar refractivity (Wildman–Crippen MR) is 186 cm³/mol. The maximum absolute atomic E-state index is 4.69. The Morgan fingerprint density at radius 2 is 1.02 bits per heavy atom. The van der Waals surface area contributed by atoms with Crippen LogP contribution in [-0.4, -0.2) is 9.97 Å². The van der Waals surface area contributed by atoms with Crippen molar-refractivity contribution in [2.45, 2.75) is 19.6 Å². The van der Waals surface area contributed by atoms with Crippen LogP contribution < -0.4 is 0 Å². The van der Waals surface area contributed by atoms with Crippen LogP contribution in [0.2, 0.25) is 0 Å². The molecule has 0 radical (unpaired) electrons. The summed E-state index contributed by atoms with van der Waals surface area (Å²) in [7, 11) is 0. The molecule has 7 aromatic carbocycles. The summed E-state index contributed by atoms with van der Waals surface area (Å²) in [6, 6.07) is 46.6. The van der Waals surface area contributed by atoms with E-state index in [1.54, 1.807) is 12.4 Å². The van der Waals surface area contributed by atoms with Crippen molar-refractivity contribution in [3.05, 3.63) is 146 Å². The molecule has 0 spiro atoms. The molecule has 1 aromatic heterocycles. The number of fused-ring (bicyclic) bond motifs is 8. The van der Waals surface area contributed by atoms with E-state index in [1.807, 2.05) is 29.7 Å². The first-order valence-corrected chi connectivity index (χ1v) is 16.3. The Morgan fingerprint density at radius 3 is 1.75 bits per heavy atom. The Kier molecular flexibility index (Phi) is 6.03. The van der Waals surface area contributed by atoms with Crippen LogP contribution in [0.3, 0.4) is 0 Å². The highest BCUT2D eigenvalue weighted by molar-refractivity contribution is 8.05. The van der Waals surface area contributed by atoms with E-state index in [2.05, 4.69) is 137 Å². The molecule has 2 nitrogen and oxygen atoms in total. The lowest BCUT2D eigenvalue weighted by Gasteiger charge is -2.21. The van der Waals surface area contributed by atoms with Gasteiger partial charge in [-0.1, -0.05) is 108 Å². The predicted octanol–water partition coefficient (Wildman–Crippen LogP) is 11.6. The quantitative estimate of drug-likeness (QED) is 0.190. The van der Waals surface area contributed by atoms with Crippen molar-refractivity contribution in [3.8, 4) is 33.5 Å². The molecule has 0 fully saturated rings. The van der Waals surface area contributed by atoms with Crippen molar-refractivity contribution in [3.63, 3.8) is 0 Å². The van der Waals surface area contributed by atoms with Crippen molar-refractivity contribution in [1.82, 2.24) is 9.97 Å². The molecule has 1 aliphatic heterocycles. The molecule has 1 aliphatic rings. The minimum absolute atomic E-state index is 0.866. The van der Waals surface area contributed by atoms with E-state index in [9.17, 15) is 0 Å². The SMILES string of the molecule is c1ccc2c(c1)Sc1cccc(-c3cc(-c4ccc5c6ccccc6c6ccccc6c5c4)cc(-c4cnccn4)c3)c1S2. The third kappa shape index (κ3) is 4.22. The van der Waals surface area contributed by atoms with Gasteiger partial charge in [-0.05, 0) is 97.0 Å². The van der Waals surface area contributed by atoms with Gasteiger partial charge in [-0.3, -0.25) is 9.97 Å². The molecule has 0 saturated heterocycles. The lowest BCUT2D eigenvalue weighted by atomic mass is 9.90. The van der Waals surface area contributed by atoms with Gasteiger partial charge in [0, 0.05) is 37.5 Å². The summed E-state index contributed by atoms with van der Waals surface area (Å²) < 4.78 is 0. The molecule has 9 rings (SSSR count). The van der Waals surface area contributed by atoms with E-state index in [4.69, 9.17) is 0 Å². The Bertz CT molecular complexity index is 2360. The molecule has 206 valence electrons. The monoisotopic (exact) mass is 596 g/mol. The van der Waals surface area contributed by atoms with E-state index >= 15 is 0 Å². The van der Waals surface area contributed by atoms with Gasteiger partial charge >= 0.3 is 0 Å². The average Bonchev–Trinajstić information content (AvgIpc) is 3.10. The Hall–Kier alpha value is -4.90. The van der Waals surface area contributed by atoms with Crippen LogP contribution in [0.15, 0.2) is 166 Å². The van der Waals surface area contributed by atoms with Gasteiger partial charge in [0.25, 0.3) is 0 Å².